The highest BCUT2D eigenvalue weighted by Crippen LogP contribution is 2.29. The Morgan fingerprint density at radius 2 is 1.88 bits per heavy atom. The number of benzene rings is 1. The highest BCUT2D eigenvalue weighted by Gasteiger charge is 2.30. The summed E-state index contributed by atoms with van der Waals surface area (Å²) in [4.78, 5) is 2.42. The van der Waals surface area contributed by atoms with Crippen LogP contribution in [0.5, 0.6) is 0 Å². The molecule has 2 unspecified atom stereocenters. The van der Waals surface area contributed by atoms with Crippen LogP contribution in [0.25, 0.3) is 0 Å². The molecule has 1 N–H and O–H groups in total. The van der Waals surface area contributed by atoms with Gasteiger partial charge in [-0.25, -0.2) is 0 Å². The van der Waals surface area contributed by atoms with Crippen LogP contribution in [0.2, 0.25) is 0 Å². The van der Waals surface area contributed by atoms with Gasteiger partial charge in [0.1, 0.15) is 0 Å². The van der Waals surface area contributed by atoms with E-state index in [2.05, 4.69) is 24.1 Å². The first-order valence-electron chi connectivity index (χ1n) is 8.59. The standard InChI is InChI=1S/C18H27F3N2O/c1-14-12-23(13-15(2)24-14)9-4-3-8-22-11-16-6-5-7-17(10-16)18(19,20)21/h5-7,10,14-15,22H,3-4,8-9,11-13H2,1-2H3. The molecule has 2 atom stereocenters. The van der Waals surface area contributed by atoms with Gasteiger partial charge in [0.15, 0.2) is 0 Å². The molecule has 0 aliphatic carbocycles. The van der Waals surface area contributed by atoms with E-state index in [1.807, 2.05) is 0 Å². The van der Waals surface area contributed by atoms with Crippen LogP contribution in [0.15, 0.2) is 24.3 Å². The molecule has 1 aromatic carbocycles. The summed E-state index contributed by atoms with van der Waals surface area (Å²) < 4.78 is 43.7. The third-order valence-corrected chi connectivity index (χ3v) is 4.16. The van der Waals surface area contributed by atoms with E-state index in [1.165, 1.54) is 12.1 Å². The fraction of sp³-hybridized carbons (Fsp3) is 0.667. The third-order valence-electron chi connectivity index (χ3n) is 4.16. The summed E-state index contributed by atoms with van der Waals surface area (Å²) in [5, 5.41) is 3.23. The Bertz CT molecular complexity index is 497. The van der Waals surface area contributed by atoms with Gasteiger partial charge in [-0.1, -0.05) is 18.2 Å². The van der Waals surface area contributed by atoms with Gasteiger partial charge >= 0.3 is 6.18 Å². The molecular formula is C18H27F3N2O. The van der Waals surface area contributed by atoms with E-state index < -0.39 is 11.7 Å². The number of halogens is 3. The average Bonchev–Trinajstić information content (AvgIpc) is 2.49. The maximum absolute atomic E-state index is 12.7. The Kier molecular flexibility index (Phi) is 7.07. The Morgan fingerprint density at radius 1 is 1.17 bits per heavy atom. The molecule has 6 heteroatoms. The number of alkyl halides is 3. The average molecular weight is 344 g/mol. The molecule has 1 aliphatic heterocycles. The number of nitrogens with one attached hydrogen (secondary N) is 1. The van der Waals surface area contributed by atoms with Crippen molar-refractivity contribution in [1.82, 2.24) is 10.2 Å². The highest BCUT2D eigenvalue weighted by atomic mass is 19.4. The van der Waals surface area contributed by atoms with Crippen molar-refractivity contribution in [3.8, 4) is 0 Å². The topological polar surface area (TPSA) is 24.5 Å². The van der Waals surface area contributed by atoms with Crippen LogP contribution < -0.4 is 5.32 Å². The molecule has 0 amide bonds. The predicted molar refractivity (Wildman–Crippen MR) is 88.8 cm³/mol. The number of morpholine rings is 1. The van der Waals surface area contributed by atoms with Crippen molar-refractivity contribution < 1.29 is 17.9 Å². The maximum Gasteiger partial charge on any atom is 0.416 e. The first kappa shape index (κ1) is 19.2. The minimum atomic E-state index is -4.28. The molecule has 0 bridgehead atoms. The largest absolute Gasteiger partial charge is 0.416 e. The molecule has 1 heterocycles. The lowest BCUT2D eigenvalue weighted by atomic mass is 10.1. The number of hydrogen-bond donors (Lipinski definition) is 1. The highest BCUT2D eigenvalue weighted by molar-refractivity contribution is 5.25. The Balaban J connectivity index is 1.62. The van der Waals surface area contributed by atoms with Crippen LogP contribution in [0, 0.1) is 0 Å². The second kappa shape index (κ2) is 8.83. The Labute approximate surface area is 142 Å². The molecule has 0 radical (unpaired) electrons. The predicted octanol–water partition coefficient (Wildman–Crippen LogP) is 3.68. The molecule has 0 spiro atoms. The van der Waals surface area contributed by atoms with E-state index in [1.54, 1.807) is 6.07 Å². The van der Waals surface area contributed by atoms with Gasteiger partial charge in [-0.2, -0.15) is 13.2 Å². The first-order chi connectivity index (χ1) is 11.3. The Hall–Kier alpha value is -1.11. The summed E-state index contributed by atoms with van der Waals surface area (Å²) in [6.45, 7) is 8.47. The second-order valence-electron chi connectivity index (χ2n) is 6.60. The SMILES string of the molecule is CC1CN(CCCCNCc2cccc(C(F)(F)F)c2)CC(C)O1. The lowest BCUT2D eigenvalue weighted by molar-refractivity contribution is -0.137. The third kappa shape index (κ3) is 6.42. The van der Waals surface area contributed by atoms with Crippen molar-refractivity contribution in [2.24, 2.45) is 0 Å². The molecule has 1 fully saturated rings. The van der Waals surface area contributed by atoms with Gasteiger partial charge in [-0.3, -0.25) is 4.90 Å². The van der Waals surface area contributed by atoms with Crippen LogP contribution in [0.3, 0.4) is 0 Å². The summed E-state index contributed by atoms with van der Waals surface area (Å²) in [5.74, 6) is 0. The molecule has 24 heavy (non-hydrogen) atoms. The summed E-state index contributed by atoms with van der Waals surface area (Å²) in [5.41, 5.74) is 0.0815. The lowest BCUT2D eigenvalue weighted by Crippen LogP contribution is -2.45. The molecule has 3 nitrogen and oxygen atoms in total. The second-order valence-corrected chi connectivity index (χ2v) is 6.60. The first-order valence-corrected chi connectivity index (χ1v) is 8.59. The van der Waals surface area contributed by atoms with Gasteiger partial charge in [-0.15, -0.1) is 0 Å². The molecule has 136 valence electrons. The van der Waals surface area contributed by atoms with Crippen LogP contribution in [-0.2, 0) is 17.5 Å². The zero-order valence-corrected chi connectivity index (χ0v) is 14.4. The quantitative estimate of drug-likeness (QED) is 0.764. The smallest absolute Gasteiger partial charge is 0.373 e. The van der Waals surface area contributed by atoms with Crippen LogP contribution in [0.4, 0.5) is 13.2 Å². The summed E-state index contributed by atoms with van der Waals surface area (Å²) in [6.07, 6.45) is -1.61. The van der Waals surface area contributed by atoms with E-state index in [9.17, 15) is 13.2 Å². The van der Waals surface area contributed by atoms with Crippen molar-refractivity contribution in [2.45, 2.75) is 51.6 Å². The minimum absolute atomic E-state index is 0.285. The summed E-state index contributed by atoms with van der Waals surface area (Å²) in [6, 6.07) is 5.50. The zero-order chi connectivity index (χ0) is 17.6. The van der Waals surface area contributed by atoms with Gasteiger partial charge in [0.2, 0.25) is 0 Å². The number of nitrogens with zero attached hydrogens (tertiary/aromatic N) is 1. The fourth-order valence-corrected chi connectivity index (χ4v) is 3.14. The minimum Gasteiger partial charge on any atom is -0.373 e. The van der Waals surface area contributed by atoms with Crippen LogP contribution >= 0.6 is 0 Å². The molecule has 1 saturated heterocycles. The van der Waals surface area contributed by atoms with Gasteiger partial charge in [0.05, 0.1) is 17.8 Å². The number of hydrogen-bond acceptors (Lipinski definition) is 3. The van der Waals surface area contributed by atoms with E-state index in [4.69, 9.17) is 4.74 Å². The van der Waals surface area contributed by atoms with E-state index in [-0.39, 0.29) is 12.2 Å². The maximum atomic E-state index is 12.7. The van der Waals surface area contributed by atoms with Gasteiger partial charge in [-0.05, 0) is 51.4 Å². The molecule has 2 rings (SSSR count). The van der Waals surface area contributed by atoms with E-state index in [0.29, 0.717) is 12.1 Å². The van der Waals surface area contributed by atoms with Gasteiger partial charge in [0, 0.05) is 19.6 Å². The number of rotatable bonds is 7. The van der Waals surface area contributed by atoms with Gasteiger partial charge < -0.3 is 10.1 Å². The van der Waals surface area contributed by atoms with Crippen molar-refractivity contribution in [2.75, 3.05) is 26.2 Å². The lowest BCUT2D eigenvalue weighted by Gasteiger charge is -2.35. The Morgan fingerprint density at radius 3 is 2.54 bits per heavy atom. The van der Waals surface area contributed by atoms with Crippen LogP contribution in [-0.4, -0.2) is 43.3 Å². The van der Waals surface area contributed by atoms with Gasteiger partial charge in [0.25, 0.3) is 0 Å². The van der Waals surface area contributed by atoms with Crippen LogP contribution in [0.1, 0.15) is 37.8 Å². The monoisotopic (exact) mass is 344 g/mol. The normalized spacial score (nSPS) is 22.7. The number of ether oxygens (including phenoxy) is 1. The van der Waals surface area contributed by atoms with E-state index >= 15 is 0 Å². The van der Waals surface area contributed by atoms with Crippen molar-refractivity contribution in [3.63, 3.8) is 0 Å². The molecule has 1 aromatic rings. The fourth-order valence-electron chi connectivity index (χ4n) is 3.14. The molecule has 0 aromatic heterocycles. The van der Waals surface area contributed by atoms with Crippen molar-refractivity contribution in [3.05, 3.63) is 35.4 Å². The number of unbranched alkanes of at least 4 members (excludes halogenated alkanes) is 1. The summed E-state index contributed by atoms with van der Waals surface area (Å²) in [7, 11) is 0. The van der Waals surface area contributed by atoms with Crippen molar-refractivity contribution >= 4 is 0 Å². The van der Waals surface area contributed by atoms with E-state index in [0.717, 1.165) is 45.1 Å². The summed E-state index contributed by atoms with van der Waals surface area (Å²) >= 11 is 0. The molecule has 1 aliphatic rings. The molecule has 0 saturated carbocycles. The zero-order valence-electron chi connectivity index (χ0n) is 14.4. The van der Waals surface area contributed by atoms with Crippen molar-refractivity contribution in [1.29, 1.82) is 0 Å². The molecular weight excluding hydrogens is 317 g/mol.